The molecule has 0 radical (unpaired) electrons. The summed E-state index contributed by atoms with van der Waals surface area (Å²) < 4.78 is 0. The number of aryl methyl sites for hydroxylation is 4. The first kappa shape index (κ1) is 32.0. The van der Waals surface area contributed by atoms with Gasteiger partial charge < -0.3 is 9.97 Å². The molecule has 0 aliphatic carbocycles. The maximum Gasteiger partial charge on any atom is 0.0694 e. The van der Waals surface area contributed by atoms with Crippen LogP contribution >= 0.6 is 0 Å². The van der Waals surface area contributed by atoms with E-state index in [1.165, 1.54) is 66.6 Å². The zero-order valence-corrected chi connectivity index (χ0v) is 28.7. The zero-order chi connectivity index (χ0) is 31.4. The second kappa shape index (κ2) is 14.1. The summed E-state index contributed by atoms with van der Waals surface area (Å²) in [6, 6.07) is 9.42. The van der Waals surface area contributed by atoms with Crippen molar-refractivity contribution >= 4 is 44.4 Å². The molecule has 0 aromatic carbocycles. The lowest BCUT2D eigenvalue weighted by Crippen LogP contribution is -1.89. The normalized spacial score (nSPS) is 13.5. The molecule has 5 heterocycles. The number of rotatable bonds is 12. The van der Waals surface area contributed by atoms with Crippen LogP contribution < -0.4 is 0 Å². The van der Waals surface area contributed by atoms with Crippen LogP contribution in [0.4, 0.5) is 0 Å². The van der Waals surface area contributed by atoms with E-state index < -0.39 is 0 Å². The Kier molecular flexibility index (Phi) is 10.3. The van der Waals surface area contributed by atoms with Crippen LogP contribution in [0.5, 0.6) is 0 Å². The first-order valence-corrected chi connectivity index (χ1v) is 17.7. The minimum atomic E-state index is 0.974. The second-order valence-corrected chi connectivity index (χ2v) is 12.5. The molecule has 3 aromatic rings. The Labute approximate surface area is 265 Å². The number of nitrogens with one attached hydrogen (secondary N) is 2. The first-order chi connectivity index (χ1) is 21.5. The van der Waals surface area contributed by atoms with Crippen molar-refractivity contribution in [2.75, 3.05) is 0 Å². The molecule has 0 saturated heterocycles. The highest BCUT2D eigenvalue weighted by molar-refractivity contribution is 5.96. The lowest BCUT2D eigenvalue weighted by atomic mass is 9.96. The lowest BCUT2D eigenvalue weighted by Gasteiger charge is -2.06. The Hall–Kier alpha value is -3.40. The topological polar surface area (TPSA) is 57.4 Å². The van der Waals surface area contributed by atoms with Crippen molar-refractivity contribution in [1.82, 2.24) is 19.9 Å². The molecule has 0 saturated carbocycles. The van der Waals surface area contributed by atoms with E-state index in [2.05, 4.69) is 89.6 Å². The van der Waals surface area contributed by atoms with Gasteiger partial charge in [-0.2, -0.15) is 0 Å². The number of allylic oxidation sites excluding steroid dienone is 4. The van der Waals surface area contributed by atoms with Crippen molar-refractivity contribution in [2.45, 2.75) is 132 Å². The molecule has 2 aliphatic heterocycles. The maximum absolute atomic E-state index is 5.38. The summed E-state index contributed by atoms with van der Waals surface area (Å²) in [6.07, 6.45) is 12.6. The van der Waals surface area contributed by atoms with E-state index in [-0.39, 0.29) is 0 Å². The summed E-state index contributed by atoms with van der Waals surface area (Å²) in [7, 11) is 0. The molecule has 5 rings (SSSR count). The standard InChI is InChI=1S/C40H54N4/c1-9-17-29-25(13-5)33-22-38-31(19-11-3)27(15-7)35(43-38)24-40-32(20-12-4)28(16-8)36(44-40)23-39-30(18-10-2)26(14-6)34(42-39)21-37(29)41-33/h21-24,41-42H,9-20H2,1-8H3. The molecule has 8 bridgehead atoms. The third kappa shape index (κ3) is 5.85. The number of nitrogens with zero attached hydrogens (tertiary/aromatic N) is 2. The largest absolute Gasteiger partial charge is 0.355 e. The van der Waals surface area contributed by atoms with Crippen LogP contribution in [-0.4, -0.2) is 19.9 Å². The van der Waals surface area contributed by atoms with Crippen molar-refractivity contribution in [3.63, 3.8) is 0 Å². The van der Waals surface area contributed by atoms with Gasteiger partial charge in [0.05, 0.1) is 22.8 Å². The number of aromatic nitrogens is 4. The minimum Gasteiger partial charge on any atom is -0.355 e. The third-order valence-electron chi connectivity index (χ3n) is 9.55. The van der Waals surface area contributed by atoms with Crippen molar-refractivity contribution in [2.24, 2.45) is 0 Å². The van der Waals surface area contributed by atoms with Gasteiger partial charge in [-0.15, -0.1) is 0 Å². The van der Waals surface area contributed by atoms with E-state index in [0.717, 1.165) is 99.8 Å². The fourth-order valence-electron chi connectivity index (χ4n) is 7.63. The average molecular weight is 591 g/mol. The Morgan fingerprint density at radius 1 is 0.386 bits per heavy atom. The summed E-state index contributed by atoms with van der Waals surface area (Å²) in [6.45, 7) is 18.3. The number of fused-ring (bicyclic) bond motifs is 8. The van der Waals surface area contributed by atoms with Gasteiger partial charge in [0.1, 0.15) is 0 Å². The van der Waals surface area contributed by atoms with Gasteiger partial charge in [-0.3, -0.25) is 0 Å². The van der Waals surface area contributed by atoms with Crippen molar-refractivity contribution in [1.29, 1.82) is 0 Å². The van der Waals surface area contributed by atoms with E-state index in [1.54, 1.807) is 0 Å². The van der Waals surface area contributed by atoms with Gasteiger partial charge in [-0.25, -0.2) is 9.97 Å². The summed E-state index contributed by atoms with van der Waals surface area (Å²) >= 11 is 0. The van der Waals surface area contributed by atoms with Crippen LogP contribution in [0.15, 0.2) is 24.3 Å². The fraction of sp³-hybridized carbons (Fsp3) is 0.500. The summed E-state index contributed by atoms with van der Waals surface area (Å²) in [4.78, 5) is 18.6. The molecule has 234 valence electrons. The molecule has 0 spiro atoms. The molecule has 3 aromatic heterocycles. The Balaban J connectivity index is 2.02. The second-order valence-electron chi connectivity index (χ2n) is 12.5. The van der Waals surface area contributed by atoms with Crippen molar-refractivity contribution < 1.29 is 0 Å². The lowest BCUT2D eigenvalue weighted by molar-refractivity contribution is 0.913. The highest BCUT2D eigenvalue weighted by atomic mass is 14.8. The Morgan fingerprint density at radius 2 is 0.750 bits per heavy atom. The Morgan fingerprint density at radius 3 is 1.18 bits per heavy atom. The molecule has 2 aliphatic rings. The molecule has 2 N–H and O–H groups in total. The molecular formula is C40H54N4. The SMILES string of the molecule is CCCC1=C(CC)c2cc3[nH]c(cc4[nH]c(cc5nc(cc1n2)C(CC)=C5CCC)c(CC)c4CCC)c(CC)c3CCC. The number of hydrogen-bond donors (Lipinski definition) is 2. The summed E-state index contributed by atoms with van der Waals surface area (Å²) in [5.74, 6) is 0. The third-order valence-corrected chi connectivity index (χ3v) is 9.55. The van der Waals surface area contributed by atoms with Crippen LogP contribution in [0.1, 0.15) is 152 Å². The molecule has 0 amide bonds. The predicted molar refractivity (Wildman–Crippen MR) is 192 cm³/mol. The fourth-order valence-corrected chi connectivity index (χ4v) is 7.63. The average Bonchev–Trinajstić information content (AvgIpc) is 3.71. The van der Waals surface area contributed by atoms with E-state index in [0.29, 0.717) is 0 Å². The summed E-state index contributed by atoms with van der Waals surface area (Å²) in [5.41, 5.74) is 20.7. The van der Waals surface area contributed by atoms with Crippen LogP contribution in [0, 0.1) is 0 Å². The van der Waals surface area contributed by atoms with Crippen LogP contribution in [0.25, 0.3) is 44.4 Å². The van der Waals surface area contributed by atoms with Crippen molar-refractivity contribution in [3.05, 3.63) is 69.3 Å². The first-order valence-electron chi connectivity index (χ1n) is 17.7. The van der Waals surface area contributed by atoms with Gasteiger partial charge in [0, 0.05) is 22.1 Å². The van der Waals surface area contributed by atoms with E-state index in [1.807, 2.05) is 0 Å². The highest BCUT2D eigenvalue weighted by Gasteiger charge is 2.23. The minimum absolute atomic E-state index is 0.974. The molecule has 4 heteroatoms. The maximum atomic E-state index is 5.38. The number of hydrogen-bond acceptors (Lipinski definition) is 2. The van der Waals surface area contributed by atoms with Gasteiger partial charge in [0.2, 0.25) is 0 Å². The summed E-state index contributed by atoms with van der Waals surface area (Å²) in [5, 5.41) is 0. The van der Waals surface area contributed by atoms with E-state index in [4.69, 9.17) is 9.97 Å². The molecule has 0 unspecified atom stereocenters. The van der Waals surface area contributed by atoms with Crippen molar-refractivity contribution in [3.8, 4) is 0 Å². The van der Waals surface area contributed by atoms with E-state index in [9.17, 15) is 0 Å². The highest BCUT2D eigenvalue weighted by Crippen LogP contribution is 2.40. The predicted octanol–water partition coefficient (Wildman–Crippen LogP) is 11.6. The Bertz CT molecular complexity index is 1740. The van der Waals surface area contributed by atoms with Crippen LogP contribution in [-0.2, 0) is 25.7 Å². The monoisotopic (exact) mass is 590 g/mol. The molecular weight excluding hydrogens is 536 g/mol. The molecule has 0 atom stereocenters. The molecule has 44 heavy (non-hydrogen) atoms. The number of H-pyrrole nitrogens is 2. The van der Waals surface area contributed by atoms with Crippen LogP contribution in [0.3, 0.4) is 0 Å². The van der Waals surface area contributed by atoms with Gasteiger partial charge in [-0.1, -0.05) is 81.1 Å². The van der Waals surface area contributed by atoms with Gasteiger partial charge in [-0.05, 0) is 120 Å². The quantitative estimate of drug-likeness (QED) is 0.220. The molecule has 4 nitrogen and oxygen atoms in total. The smallest absolute Gasteiger partial charge is 0.0694 e. The van der Waals surface area contributed by atoms with Gasteiger partial charge >= 0.3 is 0 Å². The zero-order valence-electron chi connectivity index (χ0n) is 28.7. The van der Waals surface area contributed by atoms with Gasteiger partial charge in [0.15, 0.2) is 0 Å². The van der Waals surface area contributed by atoms with Gasteiger partial charge in [0.25, 0.3) is 0 Å². The van der Waals surface area contributed by atoms with E-state index >= 15 is 0 Å². The van der Waals surface area contributed by atoms with Crippen LogP contribution in [0.2, 0.25) is 0 Å². The number of aromatic amines is 2. The molecule has 0 fully saturated rings.